The van der Waals surface area contributed by atoms with E-state index in [1.54, 1.807) is 16.9 Å². The lowest BCUT2D eigenvalue weighted by atomic mass is 10.2. The lowest BCUT2D eigenvalue weighted by molar-refractivity contribution is -0.111. The van der Waals surface area contributed by atoms with Gasteiger partial charge in [-0.25, -0.2) is 14.8 Å². The Bertz CT molecular complexity index is 1350. The molecule has 12 nitrogen and oxygen atoms in total. The van der Waals surface area contributed by atoms with Crippen LogP contribution in [0.4, 0.5) is 33.6 Å². The summed E-state index contributed by atoms with van der Waals surface area (Å²) in [4.78, 5) is 34.6. The highest BCUT2D eigenvalue weighted by Gasteiger charge is 2.24. The number of benzene rings is 1. The van der Waals surface area contributed by atoms with Gasteiger partial charge in [0.05, 0.1) is 26.1 Å². The number of carbonyl (C=O) groups is 2. The number of aromatic nitrogens is 4. The molecule has 1 aromatic carbocycles. The van der Waals surface area contributed by atoms with Gasteiger partial charge in [0.25, 0.3) is 0 Å². The Kier molecular flexibility index (Phi) is 8.23. The van der Waals surface area contributed by atoms with Crippen LogP contribution < -0.4 is 30.3 Å². The Balaban J connectivity index is 1.54. The Hall–Kier alpha value is -4.03. The van der Waals surface area contributed by atoms with Gasteiger partial charge in [0.15, 0.2) is 5.82 Å². The van der Waals surface area contributed by atoms with Gasteiger partial charge in [-0.05, 0) is 24.8 Å². The smallest absolute Gasteiger partial charge is 0.327 e. The molecular weight excluding hydrogens is 535 g/mol. The first-order valence-electron chi connectivity index (χ1n) is 11.5. The second kappa shape index (κ2) is 11.6. The van der Waals surface area contributed by atoms with Crippen molar-refractivity contribution in [3.05, 3.63) is 47.4 Å². The fourth-order valence-electron chi connectivity index (χ4n) is 3.46. The van der Waals surface area contributed by atoms with Crippen LogP contribution in [0.1, 0.15) is 12.8 Å². The average Bonchev–Trinajstić information content (AvgIpc) is 3.66. The zero-order valence-corrected chi connectivity index (χ0v) is 22.4. The summed E-state index contributed by atoms with van der Waals surface area (Å²) in [6, 6.07) is 2.49. The molecule has 38 heavy (non-hydrogen) atoms. The van der Waals surface area contributed by atoms with Gasteiger partial charge in [0, 0.05) is 25.7 Å². The molecule has 2 heterocycles. The minimum Gasteiger partial charge on any atom is -0.495 e. The van der Waals surface area contributed by atoms with E-state index in [-0.39, 0.29) is 39.0 Å². The number of ether oxygens (including phenoxy) is 2. The molecule has 0 radical (unpaired) electrons. The predicted molar refractivity (Wildman–Crippen MR) is 146 cm³/mol. The van der Waals surface area contributed by atoms with Gasteiger partial charge in [-0.2, -0.15) is 5.10 Å². The topological polar surface area (TPSA) is 136 Å². The van der Waals surface area contributed by atoms with E-state index in [0.29, 0.717) is 23.2 Å². The monoisotopic (exact) mass is 560 g/mol. The van der Waals surface area contributed by atoms with Crippen molar-refractivity contribution in [2.75, 3.05) is 42.1 Å². The zero-order chi connectivity index (χ0) is 27.4. The Labute approximate surface area is 228 Å². The molecule has 4 rings (SSSR count). The number of hydrogen-bond acceptors (Lipinski definition) is 8. The molecule has 200 valence electrons. The van der Waals surface area contributed by atoms with E-state index >= 15 is 0 Å². The number of halogens is 2. The highest BCUT2D eigenvalue weighted by atomic mass is 35.5. The molecule has 0 atom stereocenters. The van der Waals surface area contributed by atoms with Crippen LogP contribution in [0.5, 0.6) is 11.5 Å². The third-order valence-electron chi connectivity index (χ3n) is 5.70. The van der Waals surface area contributed by atoms with E-state index in [0.717, 1.165) is 19.4 Å². The van der Waals surface area contributed by atoms with Crippen molar-refractivity contribution >= 4 is 64.0 Å². The van der Waals surface area contributed by atoms with Gasteiger partial charge >= 0.3 is 6.03 Å². The normalized spacial score (nSPS) is 12.4. The van der Waals surface area contributed by atoms with Gasteiger partial charge in [-0.3, -0.25) is 14.4 Å². The molecule has 3 amide bonds. The first-order valence-corrected chi connectivity index (χ1v) is 12.2. The summed E-state index contributed by atoms with van der Waals surface area (Å²) in [6.45, 7) is 4.24. The number of carbonyl (C=O) groups excluding carboxylic acids is 2. The van der Waals surface area contributed by atoms with Crippen LogP contribution in [0, 0.1) is 5.92 Å². The maximum atomic E-state index is 13.1. The van der Waals surface area contributed by atoms with Crippen LogP contribution in [0.25, 0.3) is 0 Å². The maximum Gasteiger partial charge on any atom is 0.327 e. The molecule has 1 aliphatic rings. The molecular formula is C24H26Cl2N8O4. The summed E-state index contributed by atoms with van der Waals surface area (Å²) in [7, 11) is 4.39. The number of nitrogens with one attached hydrogen (secondary N) is 3. The molecule has 0 unspecified atom stereocenters. The van der Waals surface area contributed by atoms with Crippen molar-refractivity contribution in [2.45, 2.75) is 19.4 Å². The third kappa shape index (κ3) is 6.09. The fourth-order valence-corrected chi connectivity index (χ4v) is 4.05. The van der Waals surface area contributed by atoms with Gasteiger partial charge in [-0.1, -0.05) is 29.8 Å². The van der Waals surface area contributed by atoms with Crippen LogP contribution in [0.3, 0.4) is 0 Å². The fraction of sp³-hybridized carbons (Fsp3) is 0.292. The van der Waals surface area contributed by atoms with Crippen molar-refractivity contribution in [1.29, 1.82) is 0 Å². The van der Waals surface area contributed by atoms with Crippen LogP contribution in [0.15, 0.2) is 37.3 Å². The number of nitrogens with zero attached hydrogens (tertiary/aromatic N) is 5. The molecule has 0 bridgehead atoms. The van der Waals surface area contributed by atoms with Crippen LogP contribution in [0.2, 0.25) is 10.0 Å². The third-order valence-corrected chi connectivity index (χ3v) is 6.45. The Morgan fingerprint density at radius 2 is 1.84 bits per heavy atom. The van der Waals surface area contributed by atoms with Gasteiger partial charge in [-0.15, -0.1) is 0 Å². The summed E-state index contributed by atoms with van der Waals surface area (Å²) in [5.74, 6) is 1.76. The van der Waals surface area contributed by atoms with Crippen LogP contribution in [-0.4, -0.2) is 53.0 Å². The number of amides is 3. The average molecular weight is 561 g/mol. The molecule has 1 fully saturated rings. The molecule has 0 spiro atoms. The van der Waals surface area contributed by atoms with E-state index in [1.165, 1.54) is 44.6 Å². The zero-order valence-electron chi connectivity index (χ0n) is 20.9. The highest BCUT2D eigenvalue weighted by molar-refractivity contribution is 6.41. The van der Waals surface area contributed by atoms with Crippen LogP contribution in [-0.2, 0) is 11.3 Å². The van der Waals surface area contributed by atoms with Crippen LogP contribution >= 0.6 is 23.2 Å². The predicted octanol–water partition coefficient (Wildman–Crippen LogP) is 4.94. The lowest BCUT2D eigenvalue weighted by Crippen LogP contribution is -2.32. The maximum absolute atomic E-state index is 13.1. The second-order valence-electron chi connectivity index (χ2n) is 8.41. The van der Waals surface area contributed by atoms with Crippen molar-refractivity contribution in [3.63, 3.8) is 0 Å². The molecule has 3 N–H and O–H groups in total. The molecule has 0 aliphatic heterocycles. The van der Waals surface area contributed by atoms with Crippen molar-refractivity contribution in [1.82, 2.24) is 19.7 Å². The van der Waals surface area contributed by atoms with E-state index in [9.17, 15) is 9.59 Å². The minimum atomic E-state index is -0.582. The molecule has 14 heteroatoms. The SMILES string of the molecule is C=CC(=O)Nc1cn(CC2CC2)nc1Nc1cc(N(C)C(=O)Nc2c(Cl)c(OC)cc(OC)c2Cl)ncn1. The van der Waals surface area contributed by atoms with Crippen molar-refractivity contribution in [2.24, 2.45) is 5.92 Å². The number of rotatable bonds is 10. The van der Waals surface area contributed by atoms with Gasteiger partial charge in [0.2, 0.25) is 5.91 Å². The number of hydrogen-bond donors (Lipinski definition) is 3. The Morgan fingerprint density at radius 3 is 2.45 bits per heavy atom. The second-order valence-corrected chi connectivity index (χ2v) is 9.17. The van der Waals surface area contributed by atoms with Crippen molar-refractivity contribution < 1.29 is 19.1 Å². The summed E-state index contributed by atoms with van der Waals surface area (Å²) < 4.78 is 12.3. The van der Waals surface area contributed by atoms with Crippen molar-refractivity contribution in [3.8, 4) is 11.5 Å². The van der Waals surface area contributed by atoms with E-state index < -0.39 is 6.03 Å². The van der Waals surface area contributed by atoms with E-state index in [4.69, 9.17) is 32.7 Å². The largest absolute Gasteiger partial charge is 0.495 e. The van der Waals surface area contributed by atoms with E-state index in [2.05, 4.69) is 37.6 Å². The molecule has 1 saturated carbocycles. The molecule has 2 aromatic heterocycles. The summed E-state index contributed by atoms with van der Waals surface area (Å²) in [5.41, 5.74) is 0.593. The lowest BCUT2D eigenvalue weighted by Gasteiger charge is -2.20. The molecule has 3 aromatic rings. The summed E-state index contributed by atoms with van der Waals surface area (Å²) in [5, 5.41) is 13.3. The van der Waals surface area contributed by atoms with Gasteiger partial charge in [0.1, 0.15) is 45.2 Å². The standard InChI is InChI=1S/C24H26Cl2N8O4/c1-5-19(35)29-14-11-34(10-13-6-7-13)32-23(14)30-17-9-18(28-12-27-17)33(2)24(36)31-22-20(25)15(37-3)8-16(38-4)21(22)26/h5,8-9,11-13H,1,6-7,10H2,2-4H3,(H,29,35)(H,31,36)(H,27,28,30,32). The summed E-state index contributed by atoms with van der Waals surface area (Å²) >= 11 is 12.7. The minimum absolute atomic E-state index is 0.112. The highest BCUT2D eigenvalue weighted by Crippen LogP contribution is 2.44. The van der Waals surface area contributed by atoms with Gasteiger partial charge < -0.3 is 25.4 Å². The Morgan fingerprint density at radius 1 is 1.16 bits per heavy atom. The first kappa shape index (κ1) is 27.0. The number of anilines is 5. The summed E-state index contributed by atoms with van der Waals surface area (Å²) in [6.07, 6.45) is 6.52. The molecule has 0 saturated heterocycles. The number of methoxy groups -OCH3 is 2. The quantitative estimate of drug-likeness (QED) is 0.296. The first-order chi connectivity index (χ1) is 18.2. The number of urea groups is 1. The van der Waals surface area contributed by atoms with E-state index in [1.807, 2.05) is 0 Å². The molecule has 1 aliphatic carbocycles.